The fourth-order valence-electron chi connectivity index (χ4n) is 3.76. The molecule has 1 aromatic rings. The van der Waals surface area contributed by atoms with Crippen molar-refractivity contribution in [3.63, 3.8) is 0 Å². The third-order valence-corrected chi connectivity index (χ3v) is 6.96. The van der Waals surface area contributed by atoms with Gasteiger partial charge in [0, 0.05) is 17.7 Å². The summed E-state index contributed by atoms with van der Waals surface area (Å²) in [5.74, 6) is -1.40. The number of ether oxygens (including phenoxy) is 2. The summed E-state index contributed by atoms with van der Waals surface area (Å²) in [6.07, 6.45) is 6.00. The first-order valence-corrected chi connectivity index (χ1v) is 12.3. The summed E-state index contributed by atoms with van der Waals surface area (Å²) in [6, 6.07) is 3.73. The molecule has 1 aliphatic rings. The predicted molar refractivity (Wildman–Crippen MR) is 131 cm³/mol. The second-order valence-electron chi connectivity index (χ2n) is 9.33. The van der Waals surface area contributed by atoms with Crippen molar-refractivity contribution in [3.8, 4) is 0 Å². The number of hydrogen-bond acceptors (Lipinski definition) is 8. The van der Waals surface area contributed by atoms with Crippen LogP contribution >= 0.6 is 11.3 Å². The fourth-order valence-corrected chi connectivity index (χ4v) is 4.53. The van der Waals surface area contributed by atoms with E-state index < -0.39 is 41.5 Å². The summed E-state index contributed by atoms with van der Waals surface area (Å²) in [4.78, 5) is 24.9. The molecule has 2 heterocycles. The van der Waals surface area contributed by atoms with Gasteiger partial charge in [-0.3, -0.25) is 9.59 Å². The molecule has 1 aromatic heterocycles. The molecule has 2 rings (SSSR count). The highest BCUT2D eigenvalue weighted by Gasteiger charge is 2.35. The number of esters is 2. The smallest absolute Gasteiger partial charge is 0.309 e. The molecule has 0 spiro atoms. The number of aliphatic hydroxyl groups excluding tert-OH is 1. The van der Waals surface area contributed by atoms with Crippen LogP contribution in [0.3, 0.4) is 0 Å². The van der Waals surface area contributed by atoms with Crippen LogP contribution in [0.4, 0.5) is 0 Å². The molecule has 0 aliphatic carbocycles. The molecule has 0 fully saturated rings. The van der Waals surface area contributed by atoms with Gasteiger partial charge in [-0.1, -0.05) is 31.2 Å². The average Bonchev–Trinajstić information content (AvgIpc) is 3.28. The van der Waals surface area contributed by atoms with Gasteiger partial charge in [-0.2, -0.15) is 0 Å². The molecular weight excluding hydrogens is 456 g/mol. The molecule has 188 valence electrons. The van der Waals surface area contributed by atoms with E-state index in [0.717, 1.165) is 10.5 Å². The van der Waals surface area contributed by atoms with Crippen molar-refractivity contribution in [3.05, 3.63) is 58.3 Å². The van der Waals surface area contributed by atoms with Crippen LogP contribution in [-0.4, -0.2) is 51.2 Å². The average molecular weight is 493 g/mol. The van der Waals surface area contributed by atoms with Crippen molar-refractivity contribution >= 4 is 23.3 Å². The van der Waals surface area contributed by atoms with Gasteiger partial charge in [-0.15, -0.1) is 11.3 Å². The van der Waals surface area contributed by atoms with E-state index in [0.29, 0.717) is 0 Å². The normalized spacial score (nSPS) is 32.2. The highest BCUT2D eigenvalue weighted by atomic mass is 32.1. The Labute approximate surface area is 205 Å². The zero-order valence-corrected chi connectivity index (χ0v) is 21.2. The quantitative estimate of drug-likeness (QED) is 0.326. The molecule has 0 radical (unpaired) electrons. The lowest BCUT2D eigenvalue weighted by atomic mass is 9.88. The molecule has 1 aliphatic heterocycles. The van der Waals surface area contributed by atoms with Gasteiger partial charge in [0.15, 0.2) is 0 Å². The molecule has 6 atom stereocenters. The van der Waals surface area contributed by atoms with Gasteiger partial charge < -0.3 is 24.8 Å². The van der Waals surface area contributed by atoms with E-state index in [9.17, 15) is 24.9 Å². The summed E-state index contributed by atoms with van der Waals surface area (Å²) in [6.45, 7) is 8.17. The summed E-state index contributed by atoms with van der Waals surface area (Å²) in [5.41, 5.74) is -1.82. The van der Waals surface area contributed by atoms with Crippen LogP contribution in [0.1, 0.15) is 58.8 Å². The molecule has 0 bridgehead atoms. The lowest BCUT2D eigenvalue weighted by Crippen LogP contribution is -2.42. The van der Waals surface area contributed by atoms with Crippen LogP contribution in [0.25, 0.3) is 0 Å². The summed E-state index contributed by atoms with van der Waals surface area (Å²) < 4.78 is 11.0. The number of allylic oxidation sites excluding steroid dienone is 2. The minimum Gasteiger partial charge on any atom is -0.457 e. The van der Waals surface area contributed by atoms with E-state index in [1.165, 1.54) is 18.3 Å². The Kier molecular flexibility index (Phi) is 9.82. The molecule has 0 aromatic carbocycles. The highest BCUT2D eigenvalue weighted by Crippen LogP contribution is 2.28. The standard InChI is InChI=1S/C26H36O7S/c1-17(8-6-13-26(5,31)22-9-7-15-34-22)24-18(2)10-11-21(32-19(3)27)25(4,30)14-12-20(28)16-23(29)33-24/h6-11,13,15,18,20-21,24,28,30-31H,12,14,16H2,1-5H3/b11-10+,13-6+,17-8+/t18-,20?,21-,24?,25+,26?/m0/s1. The maximum Gasteiger partial charge on any atom is 0.309 e. The number of carbonyl (C=O) groups is 2. The highest BCUT2D eigenvalue weighted by molar-refractivity contribution is 7.10. The summed E-state index contributed by atoms with van der Waals surface area (Å²) in [7, 11) is 0. The van der Waals surface area contributed by atoms with Crippen LogP contribution in [0, 0.1) is 5.92 Å². The number of aliphatic hydroxyl groups is 3. The predicted octanol–water partition coefficient (Wildman–Crippen LogP) is 3.79. The van der Waals surface area contributed by atoms with Crippen LogP contribution in [0.15, 0.2) is 53.5 Å². The third-order valence-electron chi connectivity index (χ3n) is 5.87. The van der Waals surface area contributed by atoms with Crippen molar-refractivity contribution in [2.75, 3.05) is 0 Å². The molecule has 0 amide bonds. The van der Waals surface area contributed by atoms with Gasteiger partial charge in [0.2, 0.25) is 0 Å². The first kappa shape index (κ1) is 28.0. The van der Waals surface area contributed by atoms with Crippen molar-refractivity contribution < 1.29 is 34.4 Å². The third kappa shape index (κ3) is 8.20. The zero-order valence-electron chi connectivity index (χ0n) is 20.4. The Morgan fingerprint density at radius 1 is 1.35 bits per heavy atom. The van der Waals surface area contributed by atoms with Gasteiger partial charge in [0.1, 0.15) is 23.4 Å². The molecule has 3 unspecified atom stereocenters. The first-order valence-electron chi connectivity index (χ1n) is 11.4. The SMILES string of the molecule is CC(=O)O[C@H]1/C=C/[C@H](C)C(/C(C)=C/C=C/C(C)(O)c2cccs2)OC(=O)CC(O)CC[C@@]1(C)O. The molecule has 0 saturated carbocycles. The van der Waals surface area contributed by atoms with E-state index in [4.69, 9.17) is 9.47 Å². The van der Waals surface area contributed by atoms with E-state index in [-0.39, 0.29) is 25.2 Å². The van der Waals surface area contributed by atoms with E-state index >= 15 is 0 Å². The van der Waals surface area contributed by atoms with Crippen LogP contribution in [0.2, 0.25) is 0 Å². The Hall–Kier alpha value is -2.26. The first-order chi connectivity index (χ1) is 15.8. The lowest BCUT2D eigenvalue weighted by Gasteiger charge is -2.32. The second kappa shape index (κ2) is 11.9. The van der Waals surface area contributed by atoms with Gasteiger partial charge in [-0.05, 0) is 62.8 Å². The van der Waals surface area contributed by atoms with Gasteiger partial charge in [0.05, 0.1) is 12.5 Å². The van der Waals surface area contributed by atoms with Crippen molar-refractivity contribution in [1.82, 2.24) is 0 Å². The number of thiophene rings is 1. The second-order valence-corrected chi connectivity index (χ2v) is 10.3. The molecule has 3 N–H and O–H groups in total. The van der Waals surface area contributed by atoms with Gasteiger partial charge in [0.25, 0.3) is 0 Å². The Bertz CT molecular complexity index is 912. The molecule has 34 heavy (non-hydrogen) atoms. The van der Waals surface area contributed by atoms with E-state index in [2.05, 4.69) is 0 Å². The maximum absolute atomic E-state index is 12.5. The molecule has 0 saturated heterocycles. The maximum atomic E-state index is 12.5. The van der Waals surface area contributed by atoms with Crippen molar-refractivity contribution in [2.45, 2.75) is 83.4 Å². The Morgan fingerprint density at radius 3 is 2.68 bits per heavy atom. The van der Waals surface area contributed by atoms with Crippen LogP contribution < -0.4 is 0 Å². The largest absolute Gasteiger partial charge is 0.457 e. The number of rotatable bonds is 5. The topological polar surface area (TPSA) is 113 Å². The minimum absolute atomic E-state index is 0.134. The zero-order chi connectivity index (χ0) is 25.5. The lowest BCUT2D eigenvalue weighted by molar-refractivity contribution is -0.157. The van der Waals surface area contributed by atoms with E-state index in [1.54, 1.807) is 44.2 Å². The van der Waals surface area contributed by atoms with Gasteiger partial charge in [-0.25, -0.2) is 0 Å². The Morgan fingerprint density at radius 2 is 2.06 bits per heavy atom. The molecular formula is C26H36O7S. The number of carbonyl (C=O) groups excluding carboxylic acids is 2. The minimum atomic E-state index is -1.41. The summed E-state index contributed by atoms with van der Waals surface area (Å²) in [5, 5.41) is 33.7. The van der Waals surface area contributed by atoms with Crippen LogP contribution in [-0.2, 0) is 24.7 Å². The molecule has 7 nitrogen and oxygen atoms in total. The van der Waals surface area contributed by atoms with Crippen molar-refractivity contribution in [1.29, 1.82) is 0 Å². The summed E-state index contributed by atoms with van der Waals surface area (Å²) >= 11 is 1.45. The van der Waals surface area contributed by atoms with Gasteiger partial charge >= 0.3 is 11.9 Å². The monoisotopic (exact) mass is 492 g/mol. The molecule has 8 heteroatoms. The van der Waals surface area contributed by atoms with Crippen molar-refractivity contribution in [2.24, 2.45) is 5.92 Å². The van der Waals surface area contributed by atoms with Crippen LogP contribution in [0.5, 0.6) is 0 Å². The van der Waals surface area contributed by atoms with E-state index in [1.807, 2.05) is 31.4 Å². The fraction of sp³-hybridized carbons (Fsp3) is 0.538. The number of cyclic esters (lactones) is 1. The number of hydrogen-bond donors (Lipinski definition) is 3. The Balaban J connectivity index is 2.32.